The molecule has 1 heterocycles. The summed E-state index contributed by atoms with van der Waals surface area (Å²) in [7, 11) is 0. The summed E-state index contributed by atoms with van der Waals surface area (Å²) in [4.78, 5) is 28.7. The highest BCUT2D eigenvalue weighted by atomic mass is 35.5. The maximum Gasteiger partial charge on any atom is 0.240 e. The van der Waals surface area contributed by atoms with Crippen LogP contribution in [-0.2, 0) is 4.79 Å². The van der Waals surface area contributed by atoms with Crippen LogP contribution in [0.4, 0.5) is 0 Å². The van der Waals surface area contributed by atoms with Crippen LogP contribution in [0.25, 0.3) is 0 Å². The van der Waals surface area contributed by atoms with Crippen LogP contribution >= 0.6 is 11.6 Å². The number of halogens is 1. The molecule has 4 nitrogen and oxygen atoms in total. The van der Waals surface area contributed by atoms with E-state index in [9.17, 15) is 9.59 Å². The van der Waals surface area contributed by atoms with Crippen molar-refractivity contribution in [1.82, 2.24) is 9.80 Å². The Morgan fingerprint density at radius 2 is 1.76 bits per heavy atom. The quantitative estimate of drug-likeness (QED) is 0.574. The first-order valence-electron chi connectivity index (χ1n) is 7.38. The number of amides is 1. The molecular weight excluding hydrogens is 288 g/mol. The molecule has 0 bridgehead atoms. The van der Waals surface area contributed by atoms with Crippen LogP contribution in [0.15, 0.2) is 24.3 Å². The number of hydrogen-bond acceptors (Lipinski definition) is 3. The zero-order valence-electron chi connectivity index (χ0n) is 12.5. The Balaban J connectivity index is 2.07. The maximum atomic E-state index is 12.5. The molecule has 0 aromatic heterocycles. The summed E-state index contributed by atoms with van der Waals surface area (Å²) in [6, 6.07) is 6.51. The number of rotatable bonds is 7. The molecule has 1 unspecified atom stereocenters. The smallest absolute Gasteiger partial charge is 0.240 e. The summed E-state index contributed by atoms with van der Waals surface area (Å²) < 4.78 is 0. The van der Waals surface area contributed by atoms with Gasteiger partial charge in [-0.25, -0.2) is 0 Å². The Morgan fingerprint density at radius 3 is 2.24 bits per heavy atom. The van der Waals surface area contributed by atoms with Crippen molar-refractivity contribution in [2.45, 2.75) is 26.3 Å². The first-order valence-corrected chi connectivity index (χ1v) is 7.76. The summed E-state index contributed by atoms with van der Waals surface area (Å²) in [6.07, 6.45) is 0.233. The van der Waals surface area contributed by atoms with Gasteiger partial charge in [-0.05, 0) is 38.1 Å². The molecule has 0 N–H and O–H groups in total. The van der Waals surface area contributed by atoms with Crippen LogP contribution < -0.4 is 0 Å². The van der Waals surface area contributed by atoms with Crippen LogP contribution in [0, 0.1) is 0 Å². The van der Waals surface area contributed by atoms with Gasteiger partial charge >= 0.3 is 0 Å². The number of carbonyl (C=O) groups is 2. The lowest BCUT2D eigenvalue weighted by atomic mass is 10.0. The third kappa shape index (κ3) is 4.05. The van der Waals surface area contributed by atoms with Crippen LogP contribution in [0.1, 0.15) is 30.6 Å². The van der Waals surface area contributed by atoms with E-state index in [0.717, 1.165) is 13.1 Å². The molecule has 2 rings (SSSR count). The van der Waals surface area contributed by atoms with E-state index in [0.29, 0.717) is 23.7 Å². The number of ketones is 1. The molecule has 1 aliphatic rings. The van der Waals surface area contributed by atoms with Crippen molar-refractivity contribution >= 4 is 23.3 Å². The van der Waals surface area contributed by atoms with Crippen molar-refractivity contribution < 1.29 is 9.59 Å². The molecule has 5 heteroatoms. The van der Waals surface area contributed by atoms with Gasteiger partial charge in [0.15, 0.2) is 5.78 Å². The highest BCUT2D eigenvalue weighted by Crippen LogP contribution is 2.20. The predicted molar refractivity (Wildman–Crippen MR) is 83.7 cm³/mol. The minimum Gasteiger partial charge on any atom is -0.342 e. The summed E-state index contributed by atoms with van der Waals surface area (Å²) in [5, 5.41) is 0.605. The minimum absolute atomic E-state index is 0.0101. The highest BCUT2D eigenvalue weighted by Gasteiger charge is 2.36. The third-order valence-electron chi connectivity index (χ3n) is 3.83. The van der Waals surface area contributed by atoms with E-state index in [1.165, 1.54) is 0 Å². The van der Waals surface area contributed by atoms with E-state index in [4.69, 9.17) is 11.6 Å². The summed E-state index contributed by atoms with van der Waals surface area (Å²) in [6.45, 7) is 7.06. The first kappa shape index (κ1) is 16.0. The number of carbonyl (C=O) groups excluding carboxylic acids is 2. The largest absolute Gasteiger partial charge is 0.342 e. The molecule has 1 amide bonds. The Labute approximate surface area is 130 Å². The fourth-order valence-electron chi connectivity index (χ4n) is 2.42. The molecule has 0 saturated carbocycles. The molecule has 1 aromatic rings. The second-order valence-electron chi connectivity index (χ2n) is 5.20. The molecule has 21 heavy (non-hydrogen) atoms. The van der Waals surface area contributed by atoms with Crippen molar-refractivity contribution in [2.75, 3.05) is 26.2 Å². The number of benzene rings is 1. The standard InChI is InChI=1S/C16H21ClN2O2/c1-3-18(4-2)16(21)14(19-9-10-19)11-15(20)12-5-7-13(17)8-6-12/h5-8,14H,3-4,9-11H2,1-2H3. The van der Waals surface area contributed by atoms with Gasteiger partial charge in [-0.2, -0.15) is 0 Å². The predicted octanol–water partition coefficient (Wildman–Crippen LogP) is 2.47. The van der Waals surface area contributed by atoms with Gasteiger partial charge in [-0.1, -0.05) is 11.6 Å². The summed E-state index contributed by atoms with van der Waals surface area (Å²) in [5.74, 6) is 0.0453. The first-order chi connectivity index (χ1) is 10.1. The lowest BCUT2D eigenvalue weighted by Crippen LogP contribution is -2.43. The highest BCUT2D eigenvalue weighted by molar-refractivity contribution is 6.30. The number of likely N-dealkylation sites (N-methyl/N-ethyl adjacent to an activating group) is 1. The summed E-state index contributed by atoms with van der Waals surface area (Å²) in [5.41, 5.74) is 0.610. The monoisotopic (exact) mass is 308 g/mol. The number of nitrogens with zero attached hydrogens (tertiary/aromatic N) is 2. The van der Waals surface area contributed by atoms with Crippen LogP contribution in [0.2, 0.25) is 5.02 Å². The fourth-order valence-corrected chi connectivity index (χ4v) is 2.54. The summed E-state index contributed by atoms with van der Waals surface area (Å²) >= 11 is 5.83. The topological polar surface area (TPSA) is 40.4 Å². The van der Waals surface area contributed by atoms with Crippen molar-refractivity contribution in [2.24, 2.45) is 0 Å². The third-order valence-corrected chi connectivity index (χ3v) is 4.08. The zero-order chi connectivity index (χ0) is 15.4. The molecule has 0 spiro atoms. The molecule has 0 aliphatic carbocycles. The Hall–Kier alpha value is -1.39. The van der Waals surface area contributed by atoms with E-state index in [2.05, 4.69) is 4.90 Å². The second-order valence-corrected chi connectivity index (χ2v) is 5.63. The van der Waals surface area contributed by atoms with Gasteiger partial charge in [0.2, 0.25) is 5.91 Å². The number of hydrogen-bond donors (Lipinski definition) is 0. The van der Waals surface area contributed by atoms with Gasteiger partial charge in [0.1, 0.15) is 0 Å². The molecule has 0 radical (unpaired) electrons. The van der Waals surface area contributed by atoms with Crippen molar-refractivity contribution in [1.29, 1.82) is 0 Å². The molecule has 1 atom stereocenters. The average Bonchev–Trinajstić information content (AvgIpc) is 3.31. The molecular formula is C16H21ClN2O2. The Morgan fingerprint density at radius 1 is 1.19 bits per heavy atom. The number of Topliss-reactive ketones (excluding diaryl/α,β-unsaturated/α-hetero) is 1. The van der Waals surface area contributed by atoms with Crippen LogP contribution in [-0.4, -0.2) is 53.7 Å². The maximum absolute atomic E-state index is 12.5. The fraction of sp³-hybridized carbons (Fsp3) is 0.500. The molecule has 114 valence electrons. The van der Waals surface area contributed by atoms with Crippen molar-refractivity contribution in [3.8, 4) is 0 Å². The van der Waals surface area contributed by atoms with E-state index in [1.54, 1.807) is 29.2 Å². The molecule has 1 saturated heterocycles. The minimum atomic E-state index is -0.326. The normalized spacial score (nSPS) is 15.6. The zero-order valence-corrected chi connectivity index (χ0v) is 13.3. The van der Waals surface area contributed by atoms with Gasteiger partial charge in [0.05, 0.1) is 6.04 Å². The molecule has 1 aliphatic heterocycles. The average molecular weight is 309 g/mol. The van der Waals surface area contributed by atoms with Crippen molar-refractivity contribution in [3.63, 3.8) is 0 Å². The van der Waals surface area contributed by atoms with Crippen molar-refractivity contribution in [3.05, 3.63) is 34.9 Å². The van der Waals surface area contributed by atoms with Gasteiger partial charge in [-0.3, -0.25) is 14.5 Å². The van der Waals surface area contributed by atoms with E-state index < -0.39 is 0 Å². The van der Waals surface area contributed by atoms with Gasteiger partial charge in [0.25, 0.3) is 0 Å². The van der Waals surface area contributed by atoms with Gasteiger partial charge in [0, 0.05) is 43.2 Å². The Kier molecular flexibility index (Phi) is 5.37. The van der Waals surface area contributed by atoms with Crippen LogP contribution in [0.5, 0.6) is 0 Å². The molecule has 1 aromatic carbocycles. The van der Waals surface area contributed by atoms with Gasteiger partial charge in [-0.15, -0.1) is 0 Å². The lowest BCUT2D eigenvalue weighted by molar-refractivity contribution is -0.134. The lowest BCUT2D eigenvalue weighted by Gasteiger charge is -2.25. The van der Waals surface area contributed by atoms with E-state index in [1.807, 2.05) is 13.8 Å². The molecule has 1 fully saturated rings. The SMILES string of the molecule is CCN(CC)C(=O)C(CC(=O)c1ccc(Cl)cc1)N1CC1. The van der Waals surface area contributed by atoms with E-state index in [-0.39, 0.29) is 24.2 Å². The van der Waals surface area contributed by atoms with E-state index >= 15 is 0 Å². The van der Waals surface area contributed by atoms with Crippen LogP contribution in [0.3, 0.4) is 0 Å². The van der Waals surface area contributed by atoms with Gasteiger partial charge < -0.3 is 4.90 Å². The second kappa shape index (κ2) is 7.05. The Bertz CT molecular complexity index is 508.